The van der Waals surface area contributed by atoms with Crippen LogP contribution in [0.5, 0.6) is 0 Å². The van der Waals surface area contributed by atoms with Crippen LogP contribution in [0.3, 0.4) is 0 Å². The number of halogens is 1. The Labute approximate surface area is 90.3 Å². The topological polar surface area (TPSA) is 37.3 Å². The van der Waals surface area contributed by atoms with Gasteiger partial charge < -0.3 is 7.65 Å². The van der Waals surface area contributed by atoms with E-state index in [0.29, 0.717) is 0 Å². The smallest absolute Gasteiger partial charge is 1.00 e. The molecule has 2 nitrogen and oxygen atoms in total. The van der Waals surface area contributed by atoms with Crippen molar-refractivity contribution < 1.29 is 16.2 Å². The van der Waals surface area contributed by atoms with E-state index in [4.69, 9.17) is 9.26 Å². The molecule has 0 fully saturated rings. The molecule has 34 valence electrons. The van der Waals surface area contributed by atoms with Crippen molar-refractivity contribution in [3.63, 3.8) is 0 Å². The Hall–Kier alpha value is 1.85. The summed E-state index contributed by atoms with van der Waals surface area (Å²) in [5.41, 5.74) is 0. The number of hydrogen-bond donors (Lipinski definition) is 1. The summed E-state index contributed by atoms with van der Waals surface area (Å²) in [6, 6.07) is 0. The van der Waals surface area contributed by atoms with Gasteiger partial charge in [-0.25, -0.2) is 0 Å². The van der Waals surface area contributed by atoms with E-state index in [2.05, 4.69) is 0 Å². The van der Waals surface area contributed by atoms with Gasteiger partial charge in [0, 0.05) is 0 Å². The third-order valence-corrected chi connectivity index (χ3v) is 0. The van der Waals surface area contributed by atoms with Crippen LogP contribution in [-0.4, -0.2) is 80.3 Å². The Morgan fingerprint density at radius 3 is 1.83 bits per heavy atom. The molecule has 6 heteroatoms. The molecule has 1 N–H and O–H groups in total. The predicted molar refractivity (Wildman–Crippen MR) is 27.7 cm³/mol. The summed E-state index contributed by atoms with van der Waals surface area (Å²) in [7, 11) is -3.63. The van der Waals surface area contributed by atoms with E-state index in [1.54, 1.807) is 0 Å². The molecule has 0 rings (SSSR count). The summed E-state index contributed by atoms with van der Waals surface area (Å²) in [6.07, 6.45) is 0. The first-order chi connectivity index (χ1) is 1.73. The minimum atomic E-state index is -3.63. The average Bonchev–Trinajstić information content (AvgIpc) is 0.811. The maximum absolute atomic E-state index is 10.1. The van der Waals surface area contributed by atoms with Crippen molar-refractivity contribution >= 4 is 75.5 Å². The van der Waals surface area contributed by atoms with E-state index in [1.807, 2.05) is 0 Å². The van der Waals surface area contributed by atoms with Crippen LogP contribution in [0.1, 0.15) is 2.85 Å². The van der Waals surface area contributed by atoms with E-state index in [-0.39, 0.29) is 69.1 Å². The molecular weight excluding hydrogens is 243 g/mol. The van der Waals surface area contributed by atoms with Crippen molar-refractivity contribution in [1.82, 2.24) is 0 Å². The van der Waals surface area contributed by atoms with Crippen molar-refractivity contribution in [3.8, 4) is 0 Å². The van der Waals surface area contributed by atoms with Crippen LogP contribution in [0.25, 0.3) is 0 Å². The molecule has 0 heterocycles. The van der Waals surface area contributed by atoms with Gasteiger partial charge in [0.2, 0.25) is 0 Å². The van der Waals surface area contributed by atoms with Gasteiger partial charge in [0.25, 0.3) is 0 Å². The predicted octanol–water partition coefficient (Wildman–Crippen LogP) is -1.98. The van der Waals surface area contributed by atoms with E-state index in [1.165, 1.54) is 0 Å². The SMILES string of the molecule is O=[Si](O)F.[AlH3].[Ba+2].[H-].[H-]. The fraction of sp³-hybridized carbons (Fsp3) is 0. The molecule has 0 atom stereocenters. The second-order valence-electron chi connectivity index (χ2n) is 0.253. The summed E-state index contributed by atoms with van der Waals surface area (Å²) in [5, 5.41) is 0. The fourth-order valence-corrected chi connectivity index (χ4v) is 0. The average molecular weight is 249 g/mol. The molecule has 0 spiro atoms. The maximum atomic E-state index is 10.1. The first-order valence-corrected chi connectivity index (χ1v) is 1.85. The molecule has 0 radical (unpaired) electrons. The largest absolute Gasteiger partial charge is 2.00 e. The van der Waals surface area contributed by atoms with Crippen molar-refractivity contribution in [3.05, 3.63) is 0 Å². The van der Waals surface area contributed by atoms with Crippen LogP contribution in [0.2, 0.25) is 0 Å². The quantitative estimate of drug-likeness (QED) is 0.399. The zero-order valence-electron chi connectivity index (χ0n) is 4.44. The standard InChI is InChI=1S/Al.Ba.FHO2Si.5H/c;;1-4(2)3;;;;;/h;;2H;;;;;/q;+2;;;;;2*-1. The van der Waals surface area contributed by atoms with Gasteiger partial charge in [-0.3, -0.25) is 4.46 Å². The Kier molecular flexibility index (Phi) is 26.0. The van der Waals surface area contributed by atoms with Gasteiger partial charge in [0.15, 0.2) is 17.4 Å². The molecule has 0 aromatic carbocycles. The van der Waals surface area contributed by atoms with Crippen LogP contribution in [0.4, 0.5) is 4.11 Å². The molecule has 6 heavy (non-hydrogen) atoms. The van der Waals surface area contributed by atoms with E-state index in [0.717, 1.165) is 0 Å². The molecule has 0 aromatic heterocycles. The van der Waals surface area contributed by atoms with Crippen LogP contribution in [-0.2, 0) is 4.46 Å². The van der Waals surface area contributed by atoms with Crippen molar-refractivity contribution in [1.29, 1.82) is 0 Å². The van der Waals surface area contributed by atoms with Gasteiger partial charge in [-0.15, -0.1) is 0 Å². The molecule has 0 bridgehead atoms. The van der Waals surface area contributed by atoms with Crippen molar-refractivity contribution in [2.24, 2.45) is 0 Å². The summed E-state index contributed by atoms with van der Waals surface area (Å²) < 4.78 is 18.6. The second kappa shape index (κ2) is 9.97. The first kappa shape index (κ1) is 15.7. The Morgan fingerprint density at radius 1 is 1.83 bits per heavy atom. The Morgan fingerprint density at radius 2 is 1.83 bits per heavy atom. The molecular formula is H6AlBaFO2Si. The van der Waals surface area contributed by atoms with Gasteiger partial charge in [0.05, 0.1) is 0 Å². The van der Waals surface area contributed by atoms with E-state index >= 15 is 0 Å². The maximum Gasteiger partial charge on any atom is 2.00 e. The Balaban J connectivity index is -0.00000000750. The first-order valence-electron chi connectivity index (χ1n) is 0.617. The third kappa shape index (κ3) is 40.2. The molecule has 0 unspecified atom stereocenters. The summed E-state index contributed by atoms with van der Waals surface area (Å²) in [4.78, 5) is 6.94. The summed E-state index contributed by atoms with van der Waals surface area (Å²) >= 11 is 0. The fourth-order valence-electron chi connectivity index (χ4n) is 0. The molecule has 0 aliphatic carbocycles. The third-order valence-electron chi connectivity index (χ3n) is 0. The van der Waals surface area contributed by atoms with Gasteiger partial charge in [0.1, 0.15) is 0 Å². The van der Waals surface area contributed by atoms with Crippen molar-refractivity contribution in [2.75, 3.05) is 0 Å². The second-order valence-corrected chi connectivity index (χ2v) is 0.759. The van der Waals surface area contributed by atoms with E-state index in [9.17, 15) is 4.11 Å². The minimum absolute atomic E-state index is 0. The molecule has 0 aliphatic rings. The van der Waals surface area contributed by atoms with Crippen LogP contribution in [0, 0.1) is 0 Å². The van der Waals surface area contributed by atoms with E-state index < -0.39 is 9.26 Å². The number of hydrogen-bond acceptors (Lipinski definition) is 1. The summed E-state index contributed by atoms with van der Waals surface area (Å²) in [6.45, 7) is 0. The van der Waals surface area contributed by atoms with Crippen LogP contribution < -0.4 is 0 Å². The molecule has 0 saturated heterocycles. The van der Waals surface area contributed by atoms with Gasteiger partial charge in [-0.2, -0.15) is 4.11 Å². The zero-order chi connectivity index (χ0) is 3.58. The minimum Gasteiger partial charge on any atom is -1.00 e. The van der Waals surface area contributed by atoms with Crippen LogP contribution >= 0.6 is 0 Å². The zero-order valence-corrected chi connectivity index (χ0v) is 7.88. The van der Waals surface area contributed by atoms with Gasteiger partial charge in [-0.05, 0) is 0 Å². The molecule has 0 aromatic rings. The van der Waals surface area contributed by atoms with Gasteiger partial charge >= 0.3 is 58.1 Å². The number of rotatable bonds is 0. The Bertz CT molecular complexity index is 43.0. The molecule has 0 saturated carbocycles. The van der Waals surface area contributed by atoms with Crippen LogP contribution in [0.15, 0.2) is 0 Å². The summed E-state index contributed by atoms with van der Waals surface area (Å²) in [5.74, 6) is 0. The monoisotopic (exact) mass is 250 g/mol. The van der Waals surface area contributed by atoms with Crippen molar-refractivity contribution in [2.45, 2.75) is 0 Å². The molecule has 0 amide bonds. The normalized spacial score (nSPS) is 4.17. The molecule has 0 aliphatic heterocycles. The van der Waals surface area contributed by atoms with Gasteiger partial charge in [-0.1, -0.05) is 0 Å².